The summed E-state index contributed by atoms with van der Waals surface area (Å²) in [5.74, 6) is -1.78. The molecule has 2 atom stereocenters. The van der Waals surface area contributed by atoms with Crippen molar-refractivity contribution in [2.45, 2.75) is 19.2 Å². The van der Waals surface area contributed by atoms with Gasteiger partial charge in [0.05, 0.1) is 5.57 Å². The molecule has 25 heavy (non-hydrogen) atoms. The molecule has 1 heterocycles. The summed E-state index contributed by atoms with van der Waals surface area (Å²) in [7, 11) is 0. The molecule has 3 rings (SSSR count). The maximum absolute atomic E-state index is 13.4. The number of benzene rings is 1. The highest BCUT2D eigenvalue weighted by molar-refractivity contribution is 5.90. The Labute approximate surface area is 142 Å². The fourth-order valence-electron chi connectivity index (χ4n) is 2.96. The summed E-state index contributed by atoms with van der Waals surface area (Å²) < 4.78 is 45.3. The fraction of sp³-hybridized carbons (Fsp3) is 0.211. The van der Waals surface area contributed by atoms with Gasteiger partial charge in [0, 0.05) is 17.1 Å². The Morgan fingerprint density at radius 3 is 2.48 bits per heavy atom. The molecule has 1 aliphatic heterocycles. The van der Waals surface area contributed by atoms with E-state index in [4.69, 9.17) is 9.84 Å². The fourth-order valence-corrected chi connectivity index (χ4v) is 2.96. The molecule has 3 nitrogen and oxygen atoms in total. The van der Waals surface area contributed by atoms with E-state index in [9.17, 15) is 18.0 Å². The van der Waals surface area contributed by atoms with E-state index in [1.54, 1.807) is 36.4 Å². The number of allylic oxidation sites excluding steroid dienone is 5. The van der Waals surface area contributed by atoms with Gasteiger partial charge in [0.1, 0.15) is 5.76 Å². The summed E-state index contributed by atoms with van der Waals surface area (Å²) in [6.07, 6.45) is -1.18. The van der Waals surface area contributed by atoms with Crippen molar-refractivity contribution in [3.8, 4) is 0 Å². The normalized spacial score (nSPS) is 23.2. The van der Waals surface area contributed by atoms with Crippen LogP contribution in [0, 0.1) is 5.92 Å². The van der Waals surface area contributed by atoms with Crippen LogP contribution in [0.5, 0.6) is 0 Å². The second-order valence-electron chi connectivity index (χ2n) is 5.85. The molecule has 1 aromatic carbocycles. The quantitative estimate of drug-likeness (QED) is 0.856. The third kappa shape index (κ3) is 3.24. The number of hydrogen-bond acceptors (Lipinski definition) is 2. The van der Waals surface area contributed by atoms with Crippen molar-refractivity contribution in [3.63, 3.8) is 0 Å². The second kappa shape index (κ2) is 6.27. The first-order valence-electron chi connectivity index (χ1n) is 7.65. The number of halogens is 3. The zero-order chi connectivity index (χ0) is 18.2. The first-order chi connectivity index (χ1) is 11.8. The lowest BCUT2D eigenvalue weighted by molar-refractivity contribution is -0.199. The highest BCUT2D eigenvalue weighted by Gasteiger charge is 2.49. The van der Waals surface area contributed by atoms with Gasteiger partial charge in [-0.25, -0.2) is 4.79 Å². The molecule has 0 aromatic heterocycles. The van der Waals surface area contributed by atoms with E-state index in [2.05, 4.69) is 0 Å². The molecule has 0 saturated heterocycles. The summed E-state index contributed by atoms with van der Waals surface area (Å²) in [6.45, 7) is 1.85. The summed E-state index contributed by atoms with van der Waals surface area (Å²) in [6, 6.07) is 8.97. The predicted molar refractivity (Wildman–Crippen MR) is 86.4 cm³/mol. The summed E-state index contributed by atoms with van der Waals surface area (Å²) in [4.78, 5) is 11.3. The number of hydrogen-bond donors (Lipinski definition) is 1. The highest BCUT2D eigenvalue weighted by atomic mass is 19.4. The van der Waals surface area contributed by atoms with Crippen LogP contribution < -0.4 is 0 Å². The summed E-state index contributed by atoms with van der Waals surface area (Å²) in [5.41, 5.74) is 0.821. The van der Waals surface area contributed by atoms with Crippen LogP contribution in [0.25, 0.3) is 5.57 Å². The van der Waals surface area contributed by atoms with Gasteiger partial charge in [-0.05, 0) is 11.6 Å². The molecule has 1 aliphatic carbocycles. The van der Waals surface area contributed by atoms with Gasteiger partial charge in [0.2, 0.25) is 6.10 Å². The minimum atomic E-state index is -4.83. The second-order valence-corrected chi connectivity index (χ2v) is 5.85. The minimum Gasteiger partial charge on any atom is -0.478 e. The lowest BCUT2D eigenvalue weighted by Crippen LogP contribution is -2.38. The number of carbonyl (C=O) groups is 1. The largest absolute Gasteiger partial charge is 0.478 e. The van der Waals surface area contributed by atoms with E-state index in [1.807, 2.05) is 19.1 Å². The van der Waals surface area contributed by atoms with E-state index in [1.165, 1.54) is 0 Å². The van der Waals surface area contributed by atoms with E-state index < -0.39 is 23.8 Å². The number of rotatable bonds is 2. The zero-order valence-corrected chi connectivity index (χ0v) is 13.2. The molecule has 0 bridgehead atoms. The number of fused-ring (bicyclic) bond motifs is 1. The number of alkyl halides is 3. The Kier molecular flexibility index (Phi) is 4.29. The van der Waals surface area contributed by atoms with Crippen molar-refractivity contribution < 1.29 is 27.8 Å². The Morgan fingerprint density at radius 2 is 1.88 bits per heavy atom. The number of carboxylic acid groups (broad SMARTS) is 1. The van der Waals surface area contributed by atoms with Gasteiger partial charge in [-0.1, -0.05) is 55.5 Å². The van der Waals surface area contributed by atoms with E-state index in [0.717, 1.165) is 11.6 Å². The number of ether oxygens (including phenoxy) is 1. The molecular weight excluding hydrogens is 333 g/mol. The van der Waals surface area contributed by atoms with Gasteiger partial charge < -0.3 is 9.84 Å². The van der Waals surface area contributed by atoms with Crippen LogP contribution >= 0.6 is 0 Å². The molecule has 0 spiro atoms. The van der Waals surface area contributed by atoms with Gasteiger partial charge in [-0.2, -0.15) is 13.2 Å². The molecule has 1 aromatic rings. The zero-order valence-electron chi connectivity index (χ0n) is 13.2. The molecule has 2 aliphatic rings. The topological polar surface area (TPSA) is 46.5 Å². The average molecular weight is 348 g/mol. The van der Waals surface area contributed by atoms with Crippen molar-refractivity contribution in [3.05, 3.63) is 77.1 Å². The highest BCUT2D eigenvalue weighted by Crippen LogP contribution is 2.42. The monoisotopic (exact) mass is 348 g/mol. The molecule has 2 unspecified atom stereocenters. The minimum absolute atomic E-state index is 0.0658. The first kappa shape index (κ1) is 17.1. The molecule has 0 radical (unpaired) electrons. The smallest absolute Gasteiger partial charge is 0.430 e. The third-order valence-electron chi connectivity index (χ3n) is 4.10. The Bertz CT molecular complexity index is 814. The third-order valence-corrected chi connectivity index (χ3v) is 4.10. The lowest BCUT2D eigenvalue weighted by Gasteiger charge is -2.30. The van der Waals surface area contributed by atoms with Gasteiger partial charge in [0.25, 0.3) is 0 Å². The molecule has 6 heteroatoms. The van der Waals surface area contributed by atoms with Crippen molar-refractivity contribution in [1.82, 2.24) is 0 Å². The number of carboxylic acids is 1. The standard InChI is InChI=1S/C19H15F3O3/c1-11-6-5-9-13-10-14(18(23)24)17(19(20,21)22)25-16(13)15(11)12-7-3-2-4-8-12/h2-11,17H,1H3,(H,23,24). The first-order valence-corrected chi connectivity index (χ1v) is 7.65. The number of aliphatic carboxylic acids is 1. The van der Waals surface area contributed by atoms with Crippen LogP contribution in [0.3, 0.4) is 0 Å². The predicted octanol–water partition coefficient (Wildman–Crippen LogP) is 4.50. The van der Waals surface area contributed by atoms with Crippen LogP contribution in [0.15, 0.2) is 71.5 Å². The Balaban J connectivity index is 2.23. The summed E-state index contributed by atoms with van der Waals surface area (Å²) in [5, 5.41) is 9.16. The molecule has 130 valence electrons. The van der Waals surface area contributed by atoms with Crippen LogP contribution in [0.1, 0.15) is 12.5 Å². The van der Waals surface area contributed by atoms with E-state index in [-0.39, 0.29) is 11.7 Å². The van der Waals surface area contributed by atoms with Crippen LogP contribution in [-0.4, -0.2) is 23.4 Å². The van der Waals surface area contributed by atoms with Crippen LogP contribution in [0.4, 0.5) is 13.2 Å². The Hall–Kier alpha value is -2.76. The van der Waals surface area contributed by atoms with E-state index >= 15 is 0 Å². The molecule has 0 saturated carbocycles. The SMILES string of the molecule is CC1C=CC=C2C=C(C(=O)O)C(C(F)(F)F)OC2=C1c1ccccc1. The van der Waals surface area contributed by atoms with Gasteiger partial charge in [-0.3, -0.25) is 0 Å². The van der Waals surface area contributed by atoms with Crippen LogP contribution in [-0.2, 0) is 9.53 Å². The maximum atomic E-state index is 13.4. The Morgan fingerprint density at radius 1 is 1.20 bits per heavy atom. The van der Waals surface area contributed by atoms with Crippen molar-refractivity contribution in [1.29, 1.82) is 0 Å². The van der Waals surface area contributed by atoms with Crippen molar-refractivity contribution >= 4 is 11.5 Å². The van der Waals surface area contributed by atoms with Crippen molar-refractivity contribution in [2.24, 2.45) is 5.92 Å². The van der Waals surface area contributed by atoms with E-state index in [0.29, 0.717) is 11.1 Å². The summed E-state index contributed by atoms with van der Waals surface area (Å²) >= 11 is 0. The molecule has 0 fully saturated rings. The van der Waals surface area contributed by atoms with Gasteiger partial charge in [0.15, 0.2) is 0 Å². The molecular formula is C19H15F3O3. The average Bonchev–Trinajstić information content (AvgIpc) is 2.71. The van der Waals surface area contributed by atoms with Crippen molar-refractivity contribution in [2.75, 3.05) is 0 Å². The van der Waals surface area contributed by atoms with Crippen LogP contribution in [0.2, 0.25) is 0 Å². The molecule has 1 N–H and O–H groups in total. The maximum Gasteiger partial charge on any atom is 0.430 e. The lowest BCUT2D eigenvalue weighted by atomic mass is 9.89. The van der Waals surface area contributed by atoms with Gasteiger partial charge in [-0.15, -0.1) is 0 Å². The molecule has 0 amide bonds. The van der Waals surface area contributed by atoms with Gasteiger partial charge >= 0.3 is 12.1 Å².